The van der Waals surface area contributed by atoms with Crippen molar-refractivity contribution in [2.75, 3.05) is 14.2 Å². The first-order valence-corrected chi connectivity index (χ1v) is 5.55. The summed E-state index contributed by atoms with van der Waals surface area (Å²) >= 11 is 0. The Morgan fingerprint density at radius 3 is 2.53 bits per heavy atom. The minimum absolute atomic E-state index is 0.210. The molecule has 0 bridgehead atoms. The predicted octanol–water partition coefficient (Wildman–Crippen LogP) is 3.09. The lowest BCUT2D eigenvalue weighted by atomic mass is 10.1. The summed E-state index contributed by atoms with van der Waals surface area (Å²) < 4.78 is 10.4. The van der Waals surface area contributed by atoms with Gasteiger partial charge in [0, 0.05) is 6.42 Å². The van der Waals surface area contributed by atoms with Gasteiger partial charge in [-0.15, -0.1) is 0 Å². The average molecular weight is 234 g/mol. The number of carbonyl (C=O) groups is 1. The largest absolute Gasteiger partial charge is 0.493 e. The second kappa shape index (κ2) is 6.74. The maximum Gasteiger partial charge on any atom is 0.161 e. The minimum Gasteiger partial charge on any atom is -0.493 e. The molecule has 1 aromatic rings. The first kappa shape index (κ1) is 13.3. The zero-order valence-electron chi connectivity index (χ0n) is 10.5. The van der Waals surface area contributed by atoms with Gasteiger partial charge in [-0.2, -0.15) is 0 Å². The van der Waals surface area contributed by atoms with Crippen LogP contribution in [0.4, 0.5) is 0 Å². The number of hydrogen-bond donors (Lipinski definition) is 0. The topological polar surface area (TPSA) is 35.5 Å². The van der Waals surface area contributed by atoms with Crippen molar-refractivity contribution in [3.8, 4) is 11.5 Å². The van der Waals surface area contributed by atoms with Crippen LogP contribution in [0.1, 0.15) is 25.3 Å². The molecule has 1 aromatic carbocycles. The summed E-state index contributed by atoms with van der Waals surface area (Å²) in [6.07, 6.45) is 5.32. The normalized spacial score (nSPS) is 10.5. The van der Waals surface area contributed by atoms with Gasteiger partial charge in [-0.1, -0.05) is 18.2 Å². The molecule has 0 aliphatic carbocycles. The molecule has 0 amide bonds. The molecule has 0 spiro atoms. The van der Waals surface area contributed by atoms with Crippen LogP contribution in [-0.4, -0.2) is 20.0 Å². The number of rotatable bonds is 6. The van der Waals surface area contributed by atoms with Gasteiger partial charge in [-0.25, -0.2) is 0 Å². The van der Waals surface area contributed by atoms with E-state index in [2.05, 4.69) is 0 Å². The first-order valence-electron chi connectivity index (χ1n) is 5.55. The average Bonchev–Trinajstić information content (AvgIpc) is 2.34. The molecule has 3 nitrogen and oxygen atoms in total. The van der Waals surface area contributed by atoms with E-state index in [9.17, 15) is 4.79 Å². The van der Waals surface area contributed by atoms with Gasteiger partial charge in [0.2, 0.25) is 0 Å². The highest BCUT2D eigenvalue weighted by Gasteiger charge is 2.02. The molecule has 0 radical (unpaired) electrons. The molecule has 0 atom stereocenters. The first-order chi connectivity index (χ1) is 8.17. The number of ether oxygens (including phenoxy) is 2. The molecule has 0 heterocycles. The van der Waals surface area contributed by atoms with Gasteiger partial charge in [0.1, 0.15) is 5.78 Å². The van der Waals surface area contributed by atoms with E-state index in [4.69, 9.17) is 9.47 Å². The van der Waals surface area contributed by atoms with E-state index in [0.717, 1.165) is 12.0 Å². The summed E-state index contributed by atoms with van der Waals surface area (Å²) in [4.78, 5) is 10.8. The van der Waals surface area contributed by atoms with E-state index in [1.807, 2.05) is 30.4 Å². The quantitative estimate of drug-likeness (QED) is 0.758. The maximum absolute atomic E-state index is 10.8. The van der Waals surface area contributed by atoms with E-state index >= 15 is 0 Å². The van der Waals surface area contributed by atoms with Crippen molar-refractivity contribution < 1.29 is 14.3 Å². The van der Waals surface area contributed by atoms with Crippen LogP contribution in [0.15, 0.2) is 24.3 Å². The number of benzene rings is 1. The molecule has 0 aliphatic heterocycles. The van der Waals surface area contributed by atoms with Gasteiger partial charge < -0.3 is 14.3 Å². The van der Waals surface area contributed by atoms with Crippen LogP contribution in [0.25, 0.3) is 6.08 Å². The minimum atomic E-state index is 0.210. The van der Waals surface area contributed by atoms with Crippen LogP contribution < -0.4 is 9.47 Å². The highest BCUT2D eigenvalue weighted by molar-refractivity contribution is 5.75. The van der Waals surface area contributed by atoms with Gasteiger partial charge in [0.05, 0.1) is 14.2 Å². The summed E-state index contributed by atoms with van der Waals surface area (Å²) in [6.45, 7) is 1.60. The molecule has 0 N–H and O–H groups in total. The summed E-state index contributed by atoms with van der Waals surface area (Å²) in [7, 11) is 3.22. The third kappa shape index (κ3) is 4.31. The van der Waals surface area contributed by atoms with Crippen molar-refractivity contribution in [2.45, 2.75) is 19.8 Å². The number of allylic oxidation sites excluding steroid dienone is 1. The molecule has 0 aliphatic rings. The van der Waals surface area contributed by atoms with E-state index in [0.29, 0.717) is 17.9 Å². The number of carbonyl (C=O) groups excluding carboxylic acids is 1. The second-order valence-corrected chi connectivity index (χ2v) is 3.76. The Labute approximate surface area is 102 Å². The monoisotopic (exact) mass is 234 g/mol. The summed E-state index contributed by atoms with van der Waals surface area (Å²) in [5.74, 6) is 1.64. The molecule has 1 rings (SSSR count). The van der Waals surface area contributed by atoms with Crippen molar-refractivity contribution >= 4 is 11.9 Å². The van der Waals surface area contributed by atoms with Crippen LogP contribution >= 0.6 is 0 Å². The fraction of sp³-hybridized carbons (Fsp3) is 0.357. The molecular weight excluding hydrogens is 216 g/mol. The molecule has 0 fully saturated rings. The van der Waals surface area contributed by atoms with Gasteiger partial charge in [0.25, 0.3) is 0 Å². The second-order valence-electron chi connectivity index (χ2n) is 3.76. The van der Waals surface area contributed by atoms with E-state index in [-0.39, 0.29) is 5.78 Å². The zero-order valence-corrected chi connectivity index (χ0v) is 10.5. The molecule has 0 saturated heterocycles. The van der Waals surface area contributed by atoms with Crippen molar-refractivity contribution in [3.05, 3.63) is 29.8 Å². The van der Waals surface area contributed by atoms with Gasteiger partial charge in [-0.3, -0.25) is 0 Å². The van der Waals surface area contributed by atoms with Crippen molar-refractivity contribution in [1.82, 2.24) is 0 Å². The van der Waals surface area contributed by atoms with Crippen molar-refractivity contribution in [2.24, 2.45) is 0 Å². The van der Waals surface area contributed by atoms with Gasteiger partial charge in [-0.05, 0) is 31.0 Å². The number of ketones is 1. The van der Waals surface area contributed by atoms with Crippen molar-refractivity contribution in [3.63, 3.8) is 0 Å². The SMILES string of the molecule is COc1ccc(/C=C/CCC(C)=O)cc1OC. The van der Waals surface area contributed by atoms with E-state index < -0.39 is 0 Å². The predicted molar refractivity (Wildman–Crippen MR) is 68.5 cm³/mol. The Balaban J connectivity index is 2.68. The molecule has 17 heavy (non-hydrogen) atoms. The van der Waals surface area contributed by atoms with Gasteiger partial charge >= 0.3 is 0 Å². The molecular formula is C14H18O3. The Hall–Kier alpha value is -1.77. The lowest BCUT2D eigenvalue weighted by molar-refractivity contribution is -0.116. The Morgan fingerprint density at radius 2 is 1.94 bits per heavy atom. The third-order valence-electron chi connectivity index (χ3n) is 2.38. The lowest BCUT2D eigenvalue weighted by Gasteiger charge is -2.07. The smallest absolute Gasteiger partial charge is 0.161 e. The highest BCUT2D eigenvalue weighted by Crippen LogP contribution is 2.27. The fourth-order valence-corrected chi connectivity index (χ4v) is 1.46. The Kier molecular flexibility index (Phi) is 5.27. The molecule has 92 valence electrons. The molecule has 3 heteroatoms. The van der Waals surface area contributed by atoms with Crippen molar-refractivity contribution in [1.29, 1.82) is 0 Å². The molecule has 0 aromatic heterocycles. The summed E-state index contributed by atoms with van der Waals surface area (Å²) in [5, 5.41) is 0. The summed E-state index contributed by atoms with van der Waals surface area (Å²) in [5.41, 5.74) is 1.03. The molecule has 0 saturated carbocycles. The Morgan fingerprint density at radius 1 is 1.24 bits per heavy atom. The Bertz CT molecular complexity index is 408. The van der Waals surface area contributed by atoms with Crippen LogP contribution in [0.3, 0.4) is 0 Å². The standard InChI is InChI=1S/C14H18O3/c1-11(15)6-4-5-7-12-8-9-13(16-2)14(10-12)17-3/h5,7-10H,4,6H2,1-3H3/b7-5+. The third-order valence-corrected chi connectivity index (χ3v) is 2.38. The van der Waals surface area contributed by atoms with E-state index in [1.54, 1.807) is 21.1 Å². The van der Waals surface area contributed by atoms with Crippen LogP contribution in [0.5, 0.6) is 11.5 Å². The zero-order chi connectivity index (χ0) is 12.7. The van der Waals surface area contributed by atoms with E-state index in [1.165, 1.54) is 0 Å². The molecule has 0 unspecified atom stereocenters. The van der Waals surface area contributed by atoms with Gasteiger partial charge in [0.15, 0.2) is 11.5 Å². The maximum atomic E-state index is 10.8. The number of hydrogen-bond acceptors (Lipinski definition) is 3. The summed E-state index contributed by atoms with van der Waals surface area (Å²) in [6, 6.07) is 5.72. The van der Waals surface area contributed by atoms with Crippen LogP contribution in [-0.2, 0) is 4.79 Å². The van der Waals surface area contributed by atoms with Crippen LogP contribution in [0.2, 0.25) is 0 Å². The number of Topliss-reactive ketones (excluding diaryl/α,β-unsaturated/α-hetero) is 1. The number of methoxy groups -OCH3 is 2. The fourth-order valence-electron chi connectivity index (χ4n) is 1.46. The van der Waals surface area contributed by atoms with Crippen LogP contribution in [0, 0.1) is 0 Å². The lowest BCUT2D eigenvalue weighted by Crippen LogP contribution is -1.90. The highest BCUT2D eigenvalue weighted by atomic mass is 16.5.